The fraction of sp³-hybridized carbons (Fsp3) is 0.333. The molecule has 0 unspecified atom stereocenters. The molecule has 0 saturated carbocycles. The summed E-state index contributed by atoms with van der Waals surface area (Å²) in [4.78, 5) is 17.6. The minimum Gasteiger partial charge on any atom is -0.356 e. The second-order valence-corrected chi connectivity index (χ2v) is 6.38. The topological polar surface area (TPSA) is 56.7 Å². The van der Waals surface area contributed by atoms with Gasteiger partial charge in [-0.3, -0.25) is 4.79 Å². The normalized spacial score (nSPS) is 11.1. The molecule has 0 aliphatic heterocycles. The molecule has 0 fully saturated rings. The van der Waals surface area contributed by atoms with E-state index < -0.39 is 0 Å². The van der Waals surface area contributed by atoms with Crippen molar-refractivity contribution in [2.75, 3.05) is 33.7 Å². The summed E-state index contributed by atoms with van der Waals surface area (Å²) in [5.41, 5.74) is 1.87. The van der Waals surface area contributed by atoms with Crippen LogP contribution in [-0.2, 0) is 17.6 Å². The van der Waals surface area contributed by atoms with Gasteiger partial charge in [0.15, 0.2) is 5.96 Å². The molecule has 0 radical (unpaired) electrons. The number of nitrogens with one attached hydrogen (secondary N) is 2. The Kier molecular flexibility index (Phi) is 8.29. The van der Waals surface area contributed by atoms with Gasteiger partial charge in [0.1, 0.15) is 12.4 Å². The van der Waals surface area contributed by atoms with Crippen LogP contribution in [0.1, 0.15) is 11.1 Å². The summed E-state index contributed by atoms with van der Waals surface area (Å²) in [6.45, 7) is 1.27. The summed E-state index contributed by atoms with van der Waals surface area (Å²) in [6.07, 6.45) is 1.38. The zero-order valence-electron chi connectivity index (χ0n) is 15.9. The Morgan fingerprint density at radius 1 is 0.963 bits per heavy atom. The predicted octanol–water partition coefficient (Wildman–Crippen LogP) is 2.23. The van der Waals surface area contributed by atoms with E-state index in [-0.39, 0.29) is 18.3 Å². The summed E-state index contributed by atoms with van der Waals surface area (Å²) in [5, 5.41) is 6.42. The number of carbonyl (C=O) groups excluding carboxylic acids is 1. The van der Waals surface area contributed by atoms with Gasteiger partial charge in [-0.25, -0.2) is 9.38 Å². The summed E-state index contributed by atoms with van der Waals surface area (Å²) >= 11 is 0. The highest BCUT2D eigenvalue weighted by Crippen LogP contribution is 2.06. The Morgan fingerprint density at radius 3 is 2.26 bits per heavy atom. The molecule has 2 aromatic carbocycles. The number of hydrogen-bond acceptors (Lipinski definition) is 2. The Labute approximate surface area is 160 Å². The molecule has 1 amide bonds. The van der Waals surface area contributed by atoms with Crippen LogP contribution >= 0.6 is 0 Å². The first-order chi connectivity index (χ1) is 13.1. The van der Waals surface area contributed by atoms with Crippen molar-refractivity contribution in [1.29, 1.82) is 0 Å². The highest BCUT2D eigenvalue weighted by Gasteiger charge is 2.06. The van der Waals surface area contributed by atoms with Gasteiger partial charge in [0.05, 0.1) is 0 Å². The second kappa shape index (κ2) is 11.0. The van der Waals surface area contributed by atoms with Gasteiger partial charge in [0, 0.05) is 27.2 Å². The zero-order valence-corrected chi connectivity index (χ0v) is 15.9. The van der Waals surface area contributed by atoms with Crippen molar-refractivity contribution < 1.29 is 9.18 Å². The fourth-order valence-corrected chi connectivity index (χ4v) is 2.45. The van der Waals surface area contributed by atoms with E-state index in [0.717, 1.165) is 6.42 Å². The second-order valence-electron chi connectivity index (χ2n) is 6.38. The minimum absolute atomic E-state index is 0.0629. The van der Waals surface area contributed by atoms with Crippen molar-refractivity contribution in [1.82, 2.24) is 15.5 Å². The fourth-order valence-electron chi connectivity index (χ4n) is 2.45. The highest BCUT2D eigenvalue weighted by molar-refractivity contribution is 5.84. The molecule has 2 aromatic rings. The van der Waals surface area contributed by atoms with Crippen LogP contribution in [0.25, 0.3) is 0 Å². The summed E-state index contributed by atoms with van der Waals surface area (Å²) in [6, 6.07) is 16.9. The average Bonchev–Trinajstić information content (AvgIpc) is 2.67. The van der Waals surface area contributed by atoms with Gasteiger partial charge in [-0.15, -0.1) is 0 Å². The van der Waals surface area contributed by atoms with Gasteiger partial charge in [-0.05, 0) is 30.0 Å². The smallest absolute Gasteiger partial charge is 0.243 e. The maximum Gasteiger partial charge on any atom is 0.243 e. The number of likely N-dealkylation sites (N-methyl/N-ethyl adjacent to an activating group) is 1. The molecule has 2 rings (SSSR count). The molecule has 2 N–H and O–H groups in total. The molecular weight excluding hydrogens is 343 g/mol. The van der Waals surface area contributed by atoms with Crippen molar-refractivity contribution in [3.8, 4) is 0 Å². The number of rotatable bonds is 8. The van der Waals surface area contributed by atoms with Crippen molar-refractivity contribution in [2.24, 2.45) is 4.99 Å². The van der Waals surface area contributed by atoms with Gasteiger partial charge in [0.25, 0.3) is 0 Å². The number of benzene rings is 2. The first-order valence-corrected chi connectivity index (χ1v) is 9.06. The Bertz CT molecular complexity index is 747. The molecule has 0 spiro atoms. The Morgan fingerprint density at radius 2 is 1.59 bits per heavy atom. The van der Waals surface area contributed by atoms with Gasteiger partial charge >= 0.3 is 0 Å². The van der Waals surface area contributed by atoms with Crippen molar-refractivity contribution >= 4 is 11.9 Å². The van der Waals surface area contributed by atoms with Crippen LogP contribution in [-0.4, -0.2) is 50.5 Å². The van der Waals surface area contributed by atoms with Crippen LogP contribution in [0, 0.1) is 5.82 Å². The number of aliphatic imine (C=N–C) groups is 1. The molecule has 27 heavy (non-hydrogen) atoms. The Balaban J connectivity index is 1.89. The molecule has 0 bridgehead atoms. The SMILES string of the molecule is CN(C)C(=O)CN=C(NCCc1ccccc1)NCCc1ccccc1F. The van der Waals surface area contributed by atoms with Crippen molar-refractivity contribution in [3.63, 3.8) is 0 Å². The maximum atomic E-state index is 13.7. The van der Waals surface area contributed by atoms with Crippen molar-refractivity contribution in [2.45, 2.75) is 12.8 Å². The first-order valence-electron chi connectivity index (χ1n) is 9.06. The van der Waals surface area contributed by atoms with Gasteiger partial charge in [-0.2, -0.15) is 0 Å². The van der Waals surface area contributed by atoms with E-state index in [4.69, 9.17) is 0 Å². The molecular formula is C21H27FN4O. The number of amides is 1. The number of carbonyl (C=O) groups is 1. The van der Waals surface area contributed by atoms with Crippen molar-refractivity contribution in [3.05, 3.63) is 71.5 Å². The Hall–Kier alpha value is -2.89. The van der Waals surface area contributed by atoms with Gasteiger partial charge < -0.3 is 15.5 Å². The standard InChI is InChI=1S/C21H27FN4O/c1-26(2)20(27)16-25-21(23-14-12-17-8-4-3-5-9-17)24-15-13-18-10-6-7-11-19(18)22/h3-11H,12-16H2,1-2H3,(H2,23,24,25). The van der Waals surface area contributed by atoms with E-state index >= 15 is 0 Å². The lowest BCUT2D eigenvalue weighted by Gasteiger charge is -2.14. The van der Waals surface area contributed by atoms with E-state index in [2.05, 4.69) is 27.8 Å². The minimum atomic E-state index is -0.211. The van der Waals surface area contributed by atoms with Crippen LogP contribution in [0.5, 0.6) is 0 Å². The molecule has 0 saturated heterocycles. The number of nitrogens with zero attached hydrogens (tertiary/aromatic N) is 2. The summed E-state index contributed by atoms with van der Waals surface area (Å²) in [7, 11) is 3.40. The molecule has 6 heteroatoms. The van der Waals surface area contributed by atoms with E-state index in [1.165, 1.54) is 16.5 Å². The number of halogens is 1. The lowest BCUT2D eigenvalue weighted by atomic mass is 10.1. The first kappa shape index (κ1) is 20.4. The lowest BCUT2D eigenvalue weighted by molar-refractivity contribution is -0.127. The number of hydrogen-bond donors (Lipinski definition) is 2. The largest absolute Gasteiger partial charge is 0.356 e. The van der Waals surface area contributed by atoms with Gasteiger partial charge in [0.2, 0.25) is 5.91 Å². The number of guanidine groups is 1. The predicted molar refractivity (Wildman–Crippen MR) is 107 cm³/mol. The van der Waals surface area contributed by atoms with Crippen LogP contribution in [0.2, 0.25) is 0 Å². The lowest BCUT2D eigenvalue weighted by Crippen LogP contribution is -2.40. The van der Waals surface area contributed by atoms with Crippen LogP contribution in [0.3, 0.4) is 0 Å². The van der Waals surface area contributed by atoms with E-state index in [0.29, 0.717) is 31.0 Å². The quantitative estimate of drug-likeness (QED) is 0.553. The molecule has 0 aliphatic carbocycles. The third-order valence-corrected chi connectivity index (χ3v) is 4.06. The third-order valence-electron chi connectivity index (χ3n) is 4.06. The van der Waals surface area contributed by atoms with E-state index in [1.54, 1.807) is 26.2 Å². The molecule has 0 atom stereocenters. The van der Waals surface area contributed by atoms with Crippen LogP contribution in [0.15, 0.2) is 59.6 Å². The van der Waals surface area contributed by atoms with E-state index in [9.17, 15) is 9.18 Å². The summed E-state index contributed by atoms with van der Waals surface area (Å²) in [5.74, 6) is 0.267. The van der Waals surface area contributed by atoms with Crippen LogP contribution < -0.4 is 10.6 Å². The third kappa shape index (κ3) is 7.48. The zero-order chi connectivity index (χ0) is 19.5. The van der Waals surface area contributed by atoms with E-state index in [1.807, 2.05) is 24.3 Å². The molecule has 0 aliphatic rings. The molecule has 0 heterocycles. The van der Waals surface area contributed by atoms with Gasteiger partial charge in [-0.1, -0.05) is 48.5 Å². The molecule has 0 aromatic heterocycles. The average molecular weight is 370 g/mol. The summed E-state index contributed by atoms with van der Waals surface area (Å²) < 4.78 is 13.7. The highest BCUT2D eigenvalue weighted by atomic mass is 19.1. The van der Waals surface area contributed by atoms with Crippen LogP contribution in [0.4, 0.5) is 4.39 Å². The maximum absolute atomic E-state index is 13.7. The monoisotopic (exact) mass is 370 g/mol. The molecule has 5 nitrogen and oxygen atoms in total. The molecule has 144 valence electrons.